The zero-order valence-corrected chi connectivity index (χ0v) is 10.3. The predicted molar refractivity (Wildman–Crippen MR) is 65.0 cm³/mol. The van der Waals surface area contributed by atoms with Crippen molar-refractivity contribution in [3.8, 4) is 0 Å². The molecule has 0 aromatic carbocycles. The van der Waals surface area contributed by atoms with Crippen molar-refractivity contribution >= 4 is 0 Å². The molecule has 2 nitrogen and oxygen atoms in total. The first kappa shape index (κ1) is 11.4. The van der Waals surface area contributed by atoms with E-state index in [4.69, 9.17) is 0 Å². The maximum Gasteiger partial charge on any atom is 0.00683 e. The van der Waals surface area contributed by atoms with Gasteiger partial charge in [0.15, 0.2) is 0 Å². The molecule has 0 bridgehead atoms. The van der Waals surface area contributed by atoms with Crippen LogP contribution in [0.5, 0.6) is 0 Å². The fourth-order valence-corrected chi connectivity index (χ4v) is 2.44. The van der Waals surface area contributed by atoms with Gasteiger partial charge in [0.2, 0.25) is 0 Å². The lowest BCUT2D eigenvalue weighted by atomic mass is 10.1. The van der Waals surface area contributed by atoms with Crippen LogP contribution < -0.4 is 5.32 Å². The Morgan fingerprint density at radius 3 is 2.80 bits per heavy atom. The summed E-state index contributed by atoms with van der Waals surface area (Å²) in [5.41, 5.74) is 0. The maximum absolute atomic E-state index is 3.66. The molecule has 2 unspecified atom stereocenters. The van der Waals surface area contributed by atoms with E-state index in [0.717, 1.165) is 17.9 Å². The largest absolute Gasteiger partial charge is 0.314 e. The van der Waals surface area contributed by atoms with Gasteiger partial charge in [0.05, 0.1) is 0 Å². The zero-order valence-electron chi connectivity index (χ0n) is 10.3. The Morgan fingerprint density at radius 1 is 1.33 bits per heavy atom. The van der Waals surface area contributed by atoms with Crippen LogP contribution in [-0.2, 0) is 0 Å². The smallest absolute Gasteiger partial charge is 0.00683 e. The van der Waals surface area contributed by atoms with Crippen molar-refractivity contribution in [2.75, 3.05) is 26.2 Å². The molecular formula is C13H26N2. The van der Waals surface area contributed by atoms with E-state index in [2.05, 4.69) is 24.1 Å². The molecule has 2 fully saturated rings. The summed E-state index contributed by atoms with van der Waals surface area (Å²) in [4.78, 5) is 2.66. The van der Waals surface area contributed by atoms with Crippen molar-refractivity contribution in [2.45, 2.75) is 45.6 Å². The minimum Gasteiger partial charge on any atom is -0.314 e. The van der Waals surface area contributed by atoms with E-state index in [-0.39, 0.29) is 0 Å². The summed E-state index contributed by atoms with van der Waals surface area (Å²) in [6.07, 6.45) is 5.57. The van der Waals surface area contributed by atoms with Crippen LogP contribution in [0.2, 0.25) is 0 Å². The molecule has 2 atom stereocenters. The van der Waals surface area contributed by atoms with Gasteiger partial charge in [-0.05, 0) is 44.2 Å². The van der Waals surface area contributed by atoms with Crippen molar-refractivity contribution in [3.63, 3.8) is 0 Å². The third-order valence-corrected chi connectivity index (χ3v) is 3.91. The Balaban J connectivity index is 1.60. The lowest BCUT2D eigenvalue weighted by Crippen LogP contribution is -2.29. The van der Waals surface area contributed by atoms with E-state index in [1.807, 2.05) is 0 Å². The summed E-state index contributed by atoms with van der Waals surface area (Å²) in [7, 11) is 0. The van der Waals surface area contributed by atoms with E-state index in [1.54, 1.807) is 0 Å². The Bertz CT molecular complexity index is 189. The van der Waals surface area contributed by atoms with Crippen LogP contribution in [0.1, 0.15) is 39.5 Å². The highest BCUT2D eigenvalue weighted by molar-refractivity contribution is 4.84. The van der Waals surface area contributed by atoms with Gasteiger partial charge in [-0.3, -0.25) is 0 Å². The van der Waals surface area contributed by atoms with Crippen molar-refractivity contribution in [2.24, 2.45) is 11.8 Å². The Hall–Kier alpha value is -0.0800. The lowest BCUT2D eigenvalue weighted by molar-refractivity contribution is 0.273. The first-order chi connectivity index (χ1) is 7.28. The minimum atomic E-state index is 0.875. The monoisotopic (exact) mass is 210 g/mol. The fraction of sp³-hybridized carbons (Fsp3) is 1.00. The zero-order chi connectivity index (χ0) is 10.7. The molecule has 0 aromatic heterocycles. The third-order valence-electron chi connectivity index (χ3n) is 3.91. The molecule has 0 aromatic rings. The number of hydrogen-bond acceptors (Lipinski definition) is 2. The van der Waals surface area contributed by atoms with E-state index in [1.165, 1.54) is 51.9 Å². The topological polar surface area (TPSA) is 15.3 Å². The van der Waals surface area contributed by atoms with E-state index >= 15 is 0 Å². The highest BCUT2D eigenvalue weighted by Crippen LogP contribution is 2.21. The quantitative estimate of drug-likeness (QED) is 0.722. The van der Waals surface area contributed by atoms with Crippen molar-refractivity contribution in [1.82, 2.24) is 10.2 Å². The lowest BCUT2D eigenvalue weighted by Gasteiger charge is -2.19. The van der Waals surface area contributed by atoms with E-state index < -0.39 is 0 Å². The molecule has 1 N–H and O–H groups in total. The van der Waals surface area contributed by atoms with Gasteiger partial charge in [0.1, 0.15) is 0 Å². The van der Waals surface area contributed by atoms with E-state index in [9.17, 15) is 0 Å². The average molecular weight is 210 g/mol. The van der Waals surface area contributed by atoms with Crippen LogP contribution in [-0.4, -0.2) is 37.1 Å². The first-order valence-electron chi connectivity index (χ1n) is 6.73. The van der Waals surface area contributed by atoms with Crippen LogP contribution in [0.3, 0.4) is 0 Å². The van der Waals surface area contributed by atoms with Crippen LogP contribution in [0.25, 0.3) is 0 Å². The second-order valence-electron chi connectivity index (χ2n) is 5.61. The van der Waals surface area contributed by atoms with Crippen LogP contribution in [0.4, 0.5) is 0 Å². The molecule has 88 valence electrons. The summed E-state index contributed by atoms with van der Waals surface area (Å²) in [6, 6.07) is 0.883. The molecule has 0 radical (unpaired) electrons. The van der Waals surface area contributed by atoms with Gasteiger partial charge in [-0.25, -0.2) is 0 Å². The summed E-state index contributed by atoms with van der Waals surface area (Å²) < 4.78 is 0. The molecule has 2 aliphatic rings. The Labute approximate surface area is 94.4 Å². The SMILES string of the molecule is CCC(C)CN1CCC(CNC2CC2)C1. The van der Waals surface area contributed by atoms with Crippen molar-refractivity contribution in [3.05, 3.63) is 0 Å². The van der Waals surface area contributed by atoms with Gasteiger partial charge in [-0.1, -0.05) is 20.3 Å². The standard InChI is InChI=1S/C13H26N2/c1-3-11(2)9-15-7-6-12(10-15)8-14-13-4-5-13/h11-14H,3-10H2,1-2H3. The summed E-state index contributed by atoms with van der Waals surface area (Å²) in [6.45, 7) is 9.92. The first-order valence-corrected chi connectivity index (χ1v) is 6.73. The summed E-state index contributed by atoms with van der Waals surface area (Å²) in [5.74, 6) is 1.80. The molecule has 15 heavy (non-hydrogen) atoms. The molecule has 1 aliphatic carbocycles. The fourth-order valence-electron chi connectivity index (χ4n) is 2.44. The minimum absolute atomic E-state index is 0.875. The van der Waals surface area contributed by atoms with Gasteiger partial charge in [0, 0.05) is 19.1 Å². The average Bonchev–Trinajstić information content (AvgIpc) is 2.97. The van der Waals surface area contributed by atoms with Gasteiger partial charge >= 0.3 is 0 Å². The maximum atomic E-state index is 3.66. The van der Waals surface area contributed by atoms with Gasteiger partial charge < -0.3 is 10.2 Å². The van der Waals surface area contributed by atoms with Gasteiger partial charge in [-0.15, -0.1) is 0 Å². The molecule has 1 heterocycles. The molecule has 1 aliphatic heterocycles. The third kappa shape index (κ3) is 3.76. The number of rotatable bonds is 6. The van der Waals surface area contributed by atoms with Gasteiger partial charge in [0.25, 0.3) is 0 Å². The molecule has 1 saturated heterocycles. The molecule has 0 spiro atoms. The second-order valence-corrected chi connectivity index (χ2v) is 5.61. The molecule has 2 rings (SSSR count). The molecule has 2 heteroatoms. The second kappa shape index (κ2) is 5.31. The Kier molecular flexibility index (Phi) is 4.04. The normalized spacial score (nSPS) is 29.6. The van der Waals surface area contributed by atoms with Crippen LogP contribution in [0, 0.1) is 11.8 Å². The highest BCUT2D eigenvalue weighted by atomic mass is 15.2. The van der Waals surface area contributed by atoms with Crippen LogP contribution in [0.15, 0.2) is 0 Å². The van der Waals surface area contributed by atoms with Crippen molar-refractivity contribution in [1.29, 1.82) is 0 Å². The number of likely N-dealkylation sites (tertiary alicyclic amines) is 1. The highest BCUT2D eigenvalue weighted by Gasteiger charge is 2.26. The Morgan fingerprint density at radius 2 is 2.13 bits per heavy atom. The van der Waals surface area contributed by atoms with Crippen LogP contribution >= 0.6 is 0 Å². The number of nitrogens with one attached hydrogen (secondary N) is 1. The predicted octanol–water partition coefficient (Wildman–Crippen LogP) is 2.11. The number of nitrogens with zero attached hydrogens (tertiary/aromatic N) is 1. The van der Waals surface area contributed by atoms with Gasteiger partial charge in [-0.2, -0.15) is 0 Å². The molecule has 1 saturated carbocycles. The summed E-state index contributed by atoms with van der Waals surface area (Å²) >= 11 is 0. The number of hydrogen-bond donors (Lipinski definition) is 1. The summed E-state index contributed by atoms with van der Waals surface area (Å²) in [5, 5.41) is 3.66. The van der Waals surface area contributed by atoms with E-state index in [0.29, 0.717) is 0 Å². The van der Waals surface area contributed by atoms with Crippen molar-refractivity contribution < 1.29 is 0 Å². The molecule has 0 amide bonds. The molecular weight excluding hydrogens is 184 g/mol.